The predicted molar refractivity (Wildman–Crippen MR) is 110 cm³/mol. The Kier molecular flexibility index (Phi) is 4.96. The second-order valence-electron chi connectivity index (χ2n) is 7.07. The summed E-state index contributed by atoms with van der Waals surface area (Å²) >= 11 is 1.41. The Labute approximate surface area is 166 Å². The van der Waals surface area contributed by atoms with Crippen LogP contribution in [0.25, 0.3) is 12.2 Å². The molecule has 0 amide bonds. The molecular weight excluding hydrogens is 373 g/mol. The number of thiazole rings is 1. The third-order valence-electron chi connectivity index (χ3n) is 4.32. The lowest BCUT2D eigenvalue weighted by molar-refractivity contribution is 0.387. The van der Waals surface area contributed by atoms with Crippen molar-refractivity contribution in [3.63, 3.8) is 0 Å². The molecule has 0 saturated carbocycles. The molecular formula is C22H20FN3OS. The van der Waals surface area contributed by atoms with Crippen LogP contribution in [0.15, 0.2) is 58.6 Å². The maximum absolute atomic E-state index is 13.2. The highest BCUT2D eigenvalue weighted by Crippen LogP contribution is 2.23. The molecule has 1 aliphatic rings. The Morgan fingerprint density at radius 1 is 1.21 bits per heavy atom. The van der Waals surface area contributed by atoms with E-state index in [0.29, 0.717) is 23.0 Å². The summed E-state index contributed by atoms with van der Waals surface area (Å²) in [6.45, 7) is 4.82. The Bertz CT molecular complexity index is 1230. The quantitative estimate of drug-likeness (QED) is 0.722. The number of nitrogens with zero attached hydrogens (tertiary/aromatic N) is 3. The van der Waals surface area contributed by atoms with Crippen LogP contribution in [-0.4, -0.2) is 9.67 Å². The standard InChI is InChI=1S/C22H20FN3OS/c1-14(2)13-26-21(27)20(12-15-3-8-19-16(11-15)9-10-24-19)28-22(26)25-18-6-4-17(23)5-7-18/h3-12,14,27H,13H2,1-2H3/b15-12+,25-22?. The van der Waals surface area contributed by atoms with E-state index in [4.69, 9.17) is 0 Å². The minimum atomic E-state index is -0.297. The zero-order chi connectivity index (χ0) is 19.7. The van der Waals surface area contributed by atoms with Gasteiger partial charge in [0, 0.05) is 18.3 Å². The van der Waals surface area contributed by atoms with E-state index in [2.05, 4.69) is 23.8 Å². The van der Waals surface area contributed by atoms with E-state index in [1.165, 1.54) is 23.5 Å². The van der Waals surface area contributed by atoms with Gasteiger partial charge in [-0.2, -0.15) is 0 Å². The van der Waals surface area contributed by atoms with Crippen LogP contribution in [0.4, 0.5) is 10.1 Å². The van der Waals surface area contributed by atoms with Gasteiger partial charge in [-0.1, -0.05) is 31.3 Å². The first-order valence-corrected chi connectivity index (χ1v) is 9.90. The molecule has 1 aliphatic heterocycles. The predicted octanol–water partition coefficient (Wildman–Crippen LogP) is 3.72. The number of benzene rings is 2. The summed E-state index contributed by atoms with van der Waals surface area (Å²) in [7, 11) is 0. The van der Waals surface area contributed by atoms with E-state index in [0.717, 1.165) is 21.0 Å². The van der Waals surface area contributed by atoms with Gasteiger partial charge in [0.2, 0.25) is 5.88 Å². The molecule has 0 atom stereocenters. The lowest BCUT2D eigenvalue weighted by Crippen LogP contribution is -2.17. The van der Waals surface area contributed by atoms with Crippen LogP contribution >= 0.6 is 11.3 Å². The molecule has 2 aromatic carbocycles. The van der Waals surface area contributed by atoms with Crippen molar-refractivity contribution in [2.24, 2.45) is 15.9 Å². The molecule has 3 aromatic rings. The average Bonchev–Trinajstić information content (AvgIpc) is 3.23. The minimum absolute atomic E-state index is 0.195. The van der Waals surface area contributed by atoms with E-state index in [9.17, 15) is 9.50 Å². The van der Waals surface area contributed by atoms with Crippen LogP contribution in [0.2, 0.25) is 0 Å². The van der Waals surface area contributed by atoms with Crippen molar-refractivity contribution >= 4 is 29.2 Å². The largest absolute Gasteiger partial charge is 0.493 e. The number of halogens is 1. The molecule has 0 unspecified atom stereocenters. The van der Waals surface area contributed by atoms with Crippen molar-refractivity contribution in [1.82, 2.24) is 4.57 Å². The Morgan fingerprint density at radius 2 is 2.00 bits per heavy atom. The highest BCUT2D eigenvalue weighted by molar-refractivity contribution is 7.10. The third-order valence-corrected chi connectivity index (χ3v) is 5.34. The Balaban J connectivity index is 1.84. The van der Waals surface area contributed by atoms with Gasteiger partial charge < -0.3 is 5.11 Å². The molecule has 0 aliphatic carbocycles. The summed E-state index contributed by atoms with van der Waals surface area (Å²) in [5, 5.41) is 12.8. The summed E-state index contributed by atoms with van der Waals surface area (Å²) in [5.74, 6) is 0.238. The molecule has 4 nitrogen and oxygen atoms in total. The summed E-state index contributed by atoms with van der Waals surface area (Å²) in [4.78, 5) is 10.3. The number of fused-ring (bicyclic) bond motifs is 1. The van der Waals surface area contributed by atoms with E-state index in [1.807, 2.05) is 34.9 Å². The maximum atomic E-state index is 13.2. The number of hydrogen-bond donors (Lipinski definition) is 1. The zero-order valence-electron chi connectivity index (χ0n) is 15.6. The zero-order valence-corrected chi connectivity index (χ0v) is 16.4. The Morgan fingerprint density at radius 3 is 2.75 bits per heavy atom. The van der Waals surface area contributed by atoms with Gasteiger partial charge in [0.05, 0.1) is 15.9 Å². The lowest BCUT2D eigenvalue weighted by atomic mass is 10.2. The van der Waals surface area contributed by atoms with E-state index < -0.39 is 0 Å². The molecule has 6 heteroatoms. The van der Waals surface area contributed by atoms with Crippen LogP contribution in [-0.2, 0) is 6.54 Å². The highest BCUT2D eigenvalue weighted by Gasteiger charge is 2.12. The monoisotopic (exact) mass is 393 g/mol. The van der Waals surface area contributed by atoms with Gasteiger partial charge in [-0.15, -0.1) is 0 Å². The molecule has 1 N–H and O–H groups in total. The van der Waals surface area contributed by atoms with Gasteiger partial charge in [0.15, 0.2) is 4.80 Å². The van der Waals surface area contributed by atoms with Crippen LogP contribution in [0, 0.1) is 11.7 Å². The van der Waals surface area contributed by atoms with Gasteiger partial charge in [0.1, 0.15) is 5.82 Å². The fourth-order valence-corrected chi connectivity index (χ4v) is 4.03. The van der Waals surface area contributed by atoms with Gasteiger partial charge >= 0.3 is 0 Å². The SMILES string of the molecule is CC(C)Cn1c(O)c(/C=c2\ccc3c(c2)C=CN=3)sc1=Nc1ccc(F)cc1. The molecule has 0 radical (unpaired) electrons. The molecule has 142 valence electrons. The summed E-state index contributed by atoms with van der Waals surface area (Å²) in [6.07, 6.45) is 5.70. The molecule has 1 aromatic heterocycles. The number of hydrogen-bond acceptors (Lipinski definition) is 4. The Hall–Kier alpha value is -2.99. The van der Waals surface area contributed by atoms with Crippen molar-refractivity contribution in [2.75, 3.05) is 0 Å². The second kappa shape index (κ2) is 7.56. The molecule has 0 bridgehead atoms. The first-order valence-electron chi connectivity index (χ1n) is 9.09. The van der Waals surface area contributed by atoms with Crippen molar-refractivity contribution in [3.05, 3.63) is 80.3 Å². The van der Waals surface area contributed by atoms with Gasteiger partial charge in [0.25, 0.3) is 0 Å². The van der Waals surface area contributed by atoms with Crippen molar-refractivity contribution in [3.8, 4) is 5.88 Å². The number of rotatable bonds is 4. The summed E-state index contributed by atoms with van der Waals surface area (Å²) < 4.78 is 15.0. The fourth-order valence-electron chi connectivity index (χ4n) is 3.02. The van der Waals surface area contributed by atoms with Crippen molar-refractivity contribution in [2.45, 2.75) is 20.4 Å². The molecule has 28 heavy (non-hydrogen) atoms. The molecule has 0 spiro atoms. The van der Waals surface area contributed by atoms with E-state index in [-0.39, 0.29) is 11.7 Å². The third kappa shape index (κ3) is 3.82. The highest BCUT2D eigenvalue weighted by atomic mass is 32.1. The fraction of sp³-hybridized carbons (Fsp3) is 0.182. The lowest BCUT2D eigenvalue weighted by Gasteiger charge is -2.07. The topological polar surface area (TPSA) is 49.9 Å². The van der Waals surface area contributed by atoms with Crippen LogP contribution < -0.4 is 15.4 Å². The normalized spacial score (nSPS) is 14.0. The van der Waals surface area contributed by atoms with E-state index >= 15 is 0 Å². The first kappa shape index (κ1) is 18.4. The van der Waals surface area contributed by atoms with E-state index in [1.54, 1.807) is 18.3 Å². The molecule has 4 rings (SSSR count). The van der Waals surface area contributed by atoms with Crippen molar-refractivity contribution < 1.29 is 9.50 Å². The summed E-state index contributed by atoms with van der Waals surface area (Å²) in [6, 6.07) is 12.0. The van der Waals surface area contributed by atoms with Crippen molar-refractivity contribution in [1.29, 1.82) is 0 Å². The molecule has 0 fully saturated rings. The first-order chi connectivity index (χ1) is 13.5. The average molecular weight is 393 g/mol. The van der Waals surface area contributed by atoms with Gasteiger partial charge in [-0.3, -0.25) is 9.56 Å². The van der Waals surface area contributed by atoms with Crippen LogP contribution in [0.3, 0.4) is 0 Å². The maximum Gasteiger partial charge on any atom is 0.211 e. The number of aromatic hydroxyl groups is 1. The van der Waals surface area contributed by atoms with Gasteiger partial charge in [-0.25, -0.2) is 9.38 Å². The van der Waals surface area contributed by atoms with Crippen LogP contribution in [0.1, 0.15) is 24.3 Å². The number of aromatic nitrogens is 1. The minimum Gasteiger partial charge on any atom is -0.493 e. The molecule has 2 heterocycles. The second-order valence-corrected chi connectivity index (χ2v) is 8.08. The van der Waals surface area contributed by atoms with Gasteiger partial charge in [-0.05, 0) is 59.7 Å². The summed E-state index contributed by atoms with van der Waals surface area (Å²) in [5.41, 5.74) is 1.71. The van der Waals surface area contributed by atoms with Crippen LogP contribution in [0.5, 0.6) is 5.88 Å². The smallest absolute Gasteiger partial charge is 0.211 e. The molecule has 0 saturated heterocycles.